The smallest absolute Gasteiger partial charge is 0.222 e. The zero-order valence-electron chi connectivity index (χ0n) is 8.53. The van der Waals surface area contributed by atoms with Crippen LogP contribution < -0.4 is 0 Å². The third kappa shape index (κ3) is 2.55. The van der Waals surface area contributed by atoms with Crippen molar-refractivity contribution in [3.8, 4) is 5.82 Å². The van der Waals surface area contributed by atoms with Crippen molar-refractivity contribution >= 4 is 11.6 Å². The molecule has 0 saturated heterocycles. The van der Waals surface area contributed by atoms with Gasteiger partial charge in [-0.3, -0.25) is 0 Å². The number of alkyl halides is 3. The van der Waals surface area contributed by atoms with Crippen molar-refractivity contribution in [2.24, 2.45) is 0 Å². The third-order valence-electron chi connectivity index (χ3n) is 1.93. The second kappa shape index (κ2) is 3.99. The van der Waals surface area contributed by atoms with Gasteiger partial charge in [0.25, 0.3) is 0 Å². The highest BCUT2D eigenvalue weighted by Crippen LogP contribution is 2.29. The molecule has 2 aromatic rings. The molecule has 2 aromatic heterocycles. The largest absolute Gasteiger partial charge is 0.433 e. The van der Waals surface area contributed by atoms with Crippen LogP contribution in [0.1, 0.15) is 11.4 Å². The van der Waals surface area contributed by atoms with Crippen LogP contribution >= 0.6 is 11.6 Å². The molecule has 0 atom stereocenters. The SMILES string of the molecule is Cc1ccn(-c2cc(C(F)(F)F)nc(Cl)n2)n1. The Morgan fingerprint density at radius 1 is 1.29 bits per heavy atom. The molecule has 0 aromatic carbocycles. The molecule has 0 N–H and O–H groups in total. The summed E-state index contributed by atoms with van der Waals surface area (Å²) >= 11 is 5.45. The molecule has 0 bridgehead atoms. The first-order valence-electron chi connectivity index (χ1n) is 4.51. The summed E-state index contributed by atoms with van der Waals surface area (Å²) in [6.07, 6.45) is -3.07. The molecule has 2 heterocycles. The van der Waals surface area contributed by atoms with Gasteiger partial charge in [0.05, 0.1) is 5.69 Å². The second-order valence-electron chi connectivity index (χ2n) is 3.28. The lowest BCUT2D eigenvalue weighted by atomic mass is 10.4. The third-order valence-corrected chi connectivity index (χ3v) is 2.10. The van der Waals surface area contributed by atoms with E-state index >= 15 is 0 Å². The molecule has 0 aliphatic carbocycles. The Balaban J connectivity index is 2.52. The Bertz CT molecular complexity index is 549. The van der Waals surface area contributed by atoms with E-state index in [9.17, 15) is 13.2 Å². The maximum atomic E-state index is 12.5. The molecule has 0 aliphatic heterocycles. The van der Waals surface area contributed by atoms with Crippen molar-refractivity contribution in [2.45, 2.75) is 13.1 Å². The Labute approximate surface area is 99.1 Å². The summed E-state index contributed by atoms with van der Waals surface area (Å²) in [5.41, 5.74) is -0.436. The van der Waals surface area contributed by atoms with E-state index in [-0.39, 0.29) is 5.82 Å². The highest BCUT2D eigenvalue weighted by atomic mass is 35.5. The van der Waals surface area contributed by atoms with Crippen LogP contribution in [-0.2, 0) is 6.18 Å². The molecule has 17 heavy (non-hydrogen) atoms. The van der Waals surface area contributed by atoms with Gasteiger partial charge in [0, 0.05) is 12.3 Å². The first kappa shape index (κ1) is 11.8. The number of hydrogen-bond donors (Lipinski definition) is 0. The van der Waals surface area contributed by atoms with E-state index in [1.165, 1.54) is 10.9 Å². The first-order valence-corrected chi connectivity index (χ1v) is 4.88. The number of nitrogens with zero attached hydrogens (tertiary/aromatic N) is 4. The summed E-state index contributed by atoms with van der Waals surface area (Å²) < 4.78 is 38.7. The van der Waals surface area contributed by atoms with Crippen LogP contribution in [0, 0.1) is 6.92 Å². The number of hydrogen-bond acceptors (Lipinski definition) is 3. The maximum Gasteiger partial charge on any atom is 0.433 e. The van der Waals surface area contributed by atoms with Gasteiger partial charge in [-0.25, -0.2) is 9.67 Å². The highest BCUT2D eigenvalue weighted by molar-refractivity contribution is 6.28. The van der Waals surface area contributed by atoms with Gasteiger partial charge in [0.2, 0.25) is 5.28 Å². The lowest BCUT2D eigenvalue weighted by Gasteiger charge is -2.07. The average molecular weight is 263 g/mol. The first-order chi connectivity index (χ1) is 7.86. The summed E-state index contributed by atoms with van der Waals surface area (Å²) in [6, 6.07) is 2.43. The van der Waals surface area contributed by atoms with Crippen LogP contribution in [-0.4, -0.2) is 19.7 Å². The summed E-state index contributed by atoms with van der Waals surface area (Å²) in [6.45, 7) is 1.71. The van der Waals surface area contributed by atoms with Gasteiger partial charge < -0.3 is 0 Å². The number of aromatic nitrogens is 4. The molecule has 0 unspecified atom stereocenters. The quantitative estimate of drug-likeness (QED) is 0.742. The summed E-state index contributed by atoms with van der Waals surface area (Å²) in [5.74, 6) is -0.0228. The monoisotopic (exact) mass is 262 g/mol. The minimum Gasteiger partial charge on any atom is -0.222 e. The molecule has 90 valence electrons. The van der Waals surface area contributed by atoms with Crippen LogP contribution in [0.25, 0.3) is 5.82 Å². The predicted molar refractivity (Wildman–Crippen MR) is 53.9 cm³/mol. The zero-order valence-corrected chi connectivity index (χ0v) is 9.29. The van der Waals surface area contributed by atoms with Gasteiger partial charge in [-0.05, 0) is 24.6 Å². The maximum absolute atomic E-state index is 12.5. The van der Waals surface area contributed by atoms with E-state index < -0.39 is 17.2 Å². The fraction of sp³-hybridized carbons (Fsp3) is 0.222. The Morgan fingerprint density at radius 2 is 2.00 bits per heavy atom. The van der Waals surface area contributed by atoms with Crippen LogP contribution in [0.3, 0.4) is 0 Å². The van der Waals surface area contributed by atoms with Gasteiger partial charge in [-0.15, -0.1) is 0 Å². The lowest BCUT2D eigenvalue weighted by Crippen LogP contribution is -2.11. The Hall–Kier alpha value is -1.63. The molecule has 0 aliphatic rings. The van der Waals surface area contributed by atoms with Crippen molar-refractivity contribution in [1.82, 2.24) is 19.7 Å². The predicted octanol–water partition coefficient (Wildman–Crippen LogP) is 2.64. The standard InChI is InChI=1S/C9H6ClF3N4/c1-5-2-3-17(16-5)7-4-6(9(11,12)13)14-8(10)15-7/h2-4H,1H3. The Kier molecular flexibility index (Phi) is 2.78. The van der Waals surface area contributed by atoms with Crippen LogP contribution in [0.5, 0.6) is 0 Å². The number of aryl methyl sites for hydroxylation is 1. The molecule has 0 fully saturated rings. The molecule has 4 nitrogen and oxygen atoms in total. The van der Waals surface area contributed by atoms with Crippen LogP contribution in [0.2, 0.25) is 5.28 Å². The fourth-order valence-electron chi connectivity index (χ4n) is 1.21. The highest BCUT2D eigenvalue weighted by Gasteiger charge is 2.33. The van der Waals surface area contributed by atoms with Crippen molar-refractivity contribution < 1.29 is 13.2 Å². The summed E-state index contributed by atoms with van der Waals surface area (Å²) in [4.78, 5) is 6.81. The molecular weight excluding hydrogens is 257 g/mol. The van der Waals surface area contributed by atoms with Gasteiger partial charge in [-0.2, -0.15) is 23.3 Å². The molecule has 8 heteroatoms. The van der Waals surface area contributed by atoms with E-state index in [0.29, 0.717) is 5.69 Å². The van der Waals surface area contributed by atoms with Crippen molar-refractivity contribution in [3.05, 3.63) is 35.0 Å². The van der Waals surface area contributed by atoms with Crippen molar-refractivity contribution in [1.29, 1.82) is 0 Å². The van der Waals surface area contributed by atoms with Crippen molar-refractivity contribution in [3.63, 3.8) is 0 Å². The van der Waals surface area contributed by atoms with Gasteiger partial charge in [-0.1, -0.05) is 0 Å². The van der Waals surface area contributed by atoms with Gasteiger partial charge in [0.1, 0.15) is 0 Å². The molecule has 0 amide bonds. The lowest BCUT2D eigenvalue weighted by molar-refractivity contribution is -0.141. The van der Waals surface area contributed by atoms with E-state index in [1.54, 1.807) is 13.0 Å². The summed E-state index contributed by atoms with van der Waals surface area (Å²) in [5, 5.41) is 3.48. The number of rotatable bonds is 1. The van der Waals surface area contributed by atoms with E-state index in [1.807, 2.05) is 0 Å². The van der Waals surface area contributed by atoms with Gasteiger partial charge >= 0.3 is 6.18 Å². The number of halogens is 4. The van der Waals surface area contributed by atoms with E-state index in [4.69, 9.17) is 11.6 Å². The molecule has 0 saturated carbocycles. The normalized spacial score (nSPS) is 11.8. The molecular formula is C9H6ClF3N4. The average Bonchev–Trinajstić information content (AvgIpc) is 2.62. The molecule has 0 radical (unpaired) electrons. The van der Waals surface area contributed by atoms with Gasteiger partial charge in [0.15, 0.2) is 11.5 Å². The minimum atomic E-state index is -4.57. The van der Waals surface area contributed by atoms with Crippen LogP contribution in [0.15, 0.2) is 18.3 Å². The van der Waals surface area contributed by atoms with E-state index in [2.05, 4.69) is 15.1 Å². The van der Waals surface area contributed by atoms with Crippen LogP contribution in [0.4, 0.5) is 13.2 Å². The Morgan fingerprint density at radius 3 is 2.53 bits per heavy atom. The fourth-order valence-corrected chi connectivity index (χ4v) is 1.39. The zero-order chi connectivity index (χ0) is 12.6. The minimum absolute atomic E-state index is 0.0228. The summed E-state index contributed by atoms with van der Waals surface area (Å²) in [7, 11) is 0. The topological polar surface area (TPSA) is 43.6 Å². The van der Waals surface area contributed by atoms with Crippen molar-refractivity contribution in [2.75, 3.05) is 0 Å². The molecule has 2 rings (SSSR count). The second-order valence-corrected chi connectivity index (χ2v) is 3.62. The van der Waals surface area contributed by atoms with E-state index in [0.717, 1.165) is 6.07 Å². The molecule has 0 spiro atoms.